The van der Waals surface area contributed by atoms with Crippen molar-refractivity contribution in [3.8, 4) is 0 Å². The van der Waals surface area contributed by atoms with E-state index < -0.39 is 12.1 Å². The summed E-state index contributed by atoms with van der Waals surface area (Å²) < 4.78 is 0. The Bertz CT molecular complexity index is 1000. The number of aliphatic hydroxyl groups is 2. The van der Waals surface area contributed by atoms with Crippen molar-refractivity contribution in [3.63, 3.8) is 0 Å². The van der Waals surface area contributed by atoms with Crippen molar-refractivity contribution in [1.82, 2.24) is 5.32 Å². The Hall–Kier alpha value is -1.65. The Kier molecular flexibility index (Phi) is 53.3. The van der Waals surface area contributed by atoms with Crippen LogP contribution in [0, 0.1) is 0 Å². The number of aliphatic hydroxyl groups excluding tert-OH is 2. The molecule has 0 heterocycles. The van der Waals surface area contributed by atoms with Crippen LogP contribution in [0.3, 0.4) is 0 Å². The van der Waals surface area contributed by atoms with E-state index in [0.717, 1.165) is 38.5 Å². The van der Waals surface area contributed by atoms with Crippen molar-refractivity contribution < 1.29 is 15.0 Å². The van der Waals surface area contributed by atoms with Crippen LogP contribution in [0.4, 0.5) is 0 Å². The normalized spacial score (nSPS) is 13.1. The largest absolute Gasteiger partial charge is 0.394 e. The molecule has 0 bridgehead atoms. The van der Waals surface area contributed by atoms with Crippen LogP contribution in [0.1, 0.15) is 303 Å². The number of hydrogen-bond acceptors (Lipinski definition) is 3. The molecule has 0 aliphatic heterocycles. The SMILES string of the molecule is CCCCCCCCCCCCCC/C=C\CCCCCCCCCCCCCCCC(=O)NC(CO)C(O)/C=C/CC/C=C/CC/C=C/CCCCCCCCCCCCCC. The van der Waals surface area contributed by atoms with Crippen molar-refractivity contribution in [1.29, 1.82) is 0 Å². The summed E-state index contributed by atoms with van der Waals surface area (Å²) in [5.41, 5.74) is 0. The van der Waals surface area contributed by atoms with Gasteiger partial charge in [0.2, 0.25) is 5.91 Å². The molecule has 4 nitrogen and oxygen atoms in total. The molecule has 0 aromatic rings. The molecule has 0 spiro atoms. The predicted octanol–water partition coefficient (Wildman–Crippen LogP) is 18.6. The molecule has 0 aromatic heterocycles. The number of rotatable bonds is 52. The van der Waals surface area contributed by atoms with Crippen LogP contribution in [0.25, 0.3) is 0 Å². The van der Waals surface area contributed by atoms with Gasteiger partial charge in [0, 0.05) is 6.42 Å². The molecular formula is C59H111NO3. The number of allylic oxidation sites excluding steroid dienone is 7. The maximum Gasteiger partial charge on any atom is 0.220 e. The van der Waals surface area contributed by atoms with Gasteiger partial charge in [0.25, 0.3) is 0 Å². The number of amides is 1. The molecule has 4 heteroatoms. The zero-order valence-corrected chi connectivity index (χ0v) is 42.6. The molecular weight excluding hydrogens is 771 g/mol. The van der Waals surface area contributed by atoms with Crippen molar-refractivity contribution in [3.05, 3.63) is 48.6 Å². The average molecular weight is 883 g/mol. The quantitative estimate of drug-likeness (QED) is 0.0421. The second-order valence-electron chi connectivity index (χ2n) is 19.3. The van der Waals surface area contributed by atoms with Gasteiger partial charge in [0.15, 0.2) is 0 Å². The van der Waals surface area contributed by atoms with Gasteiger partial charge >= 0.3 is 0 Å². The highest BCUT2D eigenvalue weighted by Crippen LogP contribution is 2.16. The van der Waals surface area contributed by atoms with E-state index in [4.69, 9.17) is 0 Å². The minimum atomic E-state index is -0.871. The first-order chi connectivity index (χ1) is 31.2. The van der Waals surface area contributed by atoms with Gasteiger partial charge in [-0.1, -0.05) is 274 Å². The Morgan fingerprint density at radius 2 is 0.619 bits per heavy atom. The molecule has 0 rings (SSSR count). The standard InChI is InChI=1S/C59H111NO3/c1-3-5-7-9-11-13-15-17-19-21-23-25-27-28-29-30-31-32-33-35-37-39-41-43-45-47-49-51-53-55-59(63)60-57(56-61)58(62)54-52-50-48-46-44-42-40-38-36-34-26-24-22-20-18-16-14-12-10-8-6-4-2/h28-29,36,38,44,46,52,54,57-58,61-62H,3-27,30-35,37,39-43,45,47-51,53,55-56H2,1-2H3,(H,60,63)/b29-28-,38-36+,46-44+,54-52+. The summed E-state index contributed by atoms with van der Waals surface area (Å²) in [6.07, 6.45) is 75.6. The Labute approximate surface area is 394 Å². The molecule has 3 N–H and O–H groups in total. The predicted molar refractivity (Wildman–Crippen MR) is 281 cm³/mol. The van der Waals surface area contributed by atoms with Crippen LogP contribution in [-0.2, 0) is 4.79 Å². The van der Waals surface area contributed by atoms with E-state index in [-0.39, 0.29) is 12.5 Å². The Morgan fingerprint density at radius 3 is 0.921 bits per heavy atom. The lowest BCUT2D eigenvalue weighted by Gasteiger charge is -2.19. The summed E-state index contributed by atoms with van der Waals surface area (Å²) in [5.74, 6) is -0.0749. The lowest BCUT2D eigenvalue weighted by Crippen LogP contribution is -2.45. The highest BCUT2D eigenvalue weighted by Gasteiger charge is 2.18. The van der Waals surface area contributed by atoms with Crippen molar-refractivity contribution in [2.75, 3.05) is 6.61 Å². The monoisotopic (exact) mass is 882 g/mol. The topological polar surface area (TPSA) is 69.6 Å². The van der Waals surface area contributed by atoms with Gasteiger partial charge in [0.05, 0.1) is 18.8 Å². The fourth-order valence-corrected chi connectivity index (χ4v) is 8.68. The van der Waals surface area contributed by atoms with E-state index >= 15 is 0 Å². The molecule has 0 saturated carbocycles. The zero-order chi connectivity index (χ0) is 45.6. The fraction of sp³-hybridized carbons (Fsp3) is 0.847. The highest BCUT2D eigenvalue weighted by atomic mass is 16.3. The van der Waals surface area contributed by atoms with Crippen LogP contribution < -0.4 is 5.32 Å². The Morgan fingerprint density at radius 1 is 0.365 bits per heavy atom. The van der Waals surface area contributed by atoms with Crippen LogP contribution >= 0.6 is 0 Å². The second kappa shape index (κ2) is 54.7. The van der Waals surface area contributed by atoms with Gasteiger partial charge in [0.1, 0.15) is 0 Å². The van der Waals surface area contributed by atoms with Gasteiger partial charge in [-0.3, -0.25) is 4.79 Å². The molecule has 63 heavy (non-hydrogen) atoms. The first-order valence-electron chi connectivity index (χ1n) is 28.4. The van der Waals surface area contributed by atoms with Gasteiger partial charge in [-0.05, 0) is 70.6 Å². The number of nitrogens with one attached hydrogen (secondary N) is 1. The summed E-state index contributed by atoms with van der Waals surface area (Å²) in [4.78, 5) is 12.5. The molecule has 0 aliphatic carbocycles. The van der Waals surface area contributed by atoms with Crippen LogP contribution in [0.5, 0.6) is 0 Å². The molecule has 2 unspecified atom stereocenters. The number of unbranched alkanes of at least 4 members (excludes halogenated alkanes) is 39. The second-order valence-corrected chi connectivity index (χ2v) is 19.3. The van der Waals surface area contributed by atoms with Crippen LogP contribution in [0.15, 0.2) is 48.6 Å². The fourth-order valence-electron chi connectivity index (χ4n) is 8.68. The maximum atomic E-state index is 12.5. The number of hydrogen-bond donors (Lipinski definition) is 3. The number of carbonyl (C=O) groups excluding carboxylic acids is 1. The lowest BCUT2D eigenvalue weighted by atomic mass is 10.0. The smallest absolute Gasteiger partial charge is 0.220 e. The molecule has 0 fully saturated rings. The Balaban J connectivity index is 3.53. The summed E-state index contributed by atoms with van der Waals surface area (Å²) in [7, 11) is 0. The molecule has 1 amide bonds. The molecule has 0 radical (unpaired) electrons. The first kappa shape index (κ1) is 61.4. The first-order valence-corrected chi connectivity index (χ1v) is 28.4. The average Bonchev–Trinajstić information content (AvgIpc) is 3.29. The summed E-state index contributed by atoms with van der Waals surface area (Å²) in [5, 5.41) is 23.1. The minimum Gasteiger partial charge on any atom is -0.394 e. The van der Waals surface area contributed by atoms with Gasteiger partial charge in [-0.2, -0.15) is 0 Å². The highest BCUT2D eigenvalue weighted by molar-refractivity contribution is 5.76. The summed E-state index contributed by atoms with van der Waals surface area (Å²) in [6, 6.07) is -0.646. The molecule has 0 aromatic carbocycles. The van der Waals surface area contributed by atoms with E-state index in [1.165, 1.54) is 244 Å². The molecule has 2 atom stereocenters. The maximum absolute atomic E-state index is 12.5. The van der Waals surface area contributed by atoms with Gasteiger partial charge < -0.3 is 15.5 Å². The van der Waals surface area contributed by atoms with E-state index in [9.17, 15) is 15.0 Å². The number of carbonyl (C=O) groups is 1. The van der Waals surface area contributed by atoms with Gasteiger partial charge in [-0.25, -0.2) is 0 Å². The van der Waals surface area contributed by atoms with E-state index in [1.54, 1.807) is 6.08 Å². The van der Waals surface area contributed by atoms with E-state index in [2.05, 4.69) is 55.6 Å². The van der Waals surface area contributed by atoms with Crippen LogP contribution in [0.2, 0.25) is 0 Å². The zero-order valence-electron chi connectivity index (χ0n) is 42.6. The van der Waals surface area contributed by atoms with E-state index in [1.807, 2.05) is 6.08 Å². The van der Waals surface area contributed by atoms with Crippen LogP contribution in [-0.4, -0.2) is 34.9 Å². The lowest BCUT2D eigenvalue weighted by molar-refractivity contribution is -0.123. The third kappa shape index (κ3) is 51.2. The third-order valence-electron chi connectivity index (χ3n) is 13.0. The van der Waals surface area contributed by atoms with Crippen molar-refractivity contribution in [2.24, 2.45) is 0 Å². The van der Waals surface area contributed by atoms with Gasteiger partial charge in [-0.15, -0.1) is 0 Å². The van der Waals surface area contributed by atoms with Crippen molar-refractivity contribution in [2.45, 2.75) is 315 Å². The van der Waals surface area contributed by atoms with Crippen molar-refractivity contribution >= 4 is 5.91 Å². The minimum absolute atomic E-state index is 0.0749. The van der Waals surface area contributed by atoms with E-state index in [0.29, 0.717) is 6.42 Å². The summed E-state index contributed by atoms with van der Waals surface area (Å²) >= 11 is 0. The molecule has 0 aliphatic rings. The molecule has 0 saturated heterocycles. The third-order valence-corrected chi connectivity index (χ3v) is 13.0. The summed E-state index contributed by atoms with van der Waals surface area (Å²) in [6.45, 7) is 4.32. The molecule has 370 valence electrons.